The summed E-state index contributed by atoms with van der Waals surface area (Å²) in [6.07, 6.45) is 6.03. The highest BCUT2D eigenvalue weighted by Gasteiger charge is 2.20. The van der Waals surface area contributed by atoms with Gasteiger partial charge in [0.25, 0.3) is 5.91 Å². The topological polar surface area (TPSA) is 103 Å². The van der Waals surface area contributed by atoms with Crippen molar-refractivity contribution >= 4 is 17.3 Å². The number of hydrogen-bond acceptors (Lipinski definition) is 7. The number of aryl methyl sites for hydroxylation is 1. The molecule has 36 heavy (non-hydrogen) atoms. The molecule has 8 nitrogen and oxygen atoms in total. The number of pyridine rings is 2. The molecule has 0 aliphatic carbocycles. The third-order valence-corrected chi connectivity index (χ3v) is 6.53. The Labute approximate surface area is 214 Å². The third-order valence-electron chi connectivity index (χ3n) is 6.53. The van der Waals surface area contributed by atoms with Crippen LogP contribution in [0.15, 0.2) is 48.8 Å². The minimum Gasteiger partial charge on any atom is -0.456 e. The average molecular weight is 489 g/mol. The van der Waals surface area contributed by atoms with Gasteiger partial charge >= 0.3 is 0 Å². The van der Waals surface area contributed by atoms with E-state index in [1.165, 1.54) is 0 Å². The number of ether oxygens (including phenoxy) is 1. The maximum absolute atomic E-state index is 13.0. The Morgan fingerprint density at radius 2 is 1.94 bits per heavy atom. The van der Waals surface area contributed by atoms with Gasteiger partial charge < -0.3 is 25.7 Å². The summed E-state index contributed by atoms with van der Waals surface area (Å²) in [4.78, 5) is 24.2. The maximum Gasteiger partial charge on any atom is 0.251 e. The fraction of sp³-hybridized carbons (Fsp3) is 0.357. The van der Waals surface area contributed by atoms with Gasteiger partial charge in [-0.25, -0.2) is 4.98 Å². The highest BCUT2D eigenvalue weighted by Crippen LogP contribution is 2.29. The number of piperidine rings is 1. The number of likely N-dealkylation sites (tertiary alicyclic amines) is 1. The van der Waals surface area contributed by atoms with Crippen molar-refractivity contribution in [3.8, 4) is 22.8 Å². The van der Waals surface area contributed by atoms with Gasteiger partial charge in [0.1, 0.15) is 17.2 Å². The van der Waals surface area contributed by atoms with Gasteiger partial charge in [0.05, 0.1) is 23.3 Å². The lowest BCUT2D eigenvalue weighted by Gasteiger charge is -2.29. The number of aromatic nitrogens is 2. The molecule has 0 unspecified atom stereocenters. The number of rotatable bonds is 8. The van der Waals surface area contributed by atoms with Gasteiger partial charge in [-0.1, -0.05) is 13.0 Å². The Balaban J connectivity index is 0.00000380. The summed E-state index contributed by atoms with van der Waals surface area (Å²) in [6.45, 7) is 5.78. The number of anilines is 1. The first-order valence-electron chi connectivity index (χ1n) is 12.4. The molecule has 3 aromatic rings. The predicted octanol–water partition coefficient (Wildman–Crippen LogP) is 5.00. The summed E-state index contributed by atoms with van der Waals surface area (Å²) in [6, 6.07) is 11.6. The Morgan fingerprint density at radius 3 is 2.64 bits per heavy atom. The standard InChI is InChI=1S/C28H34N6O2.H2/c1-5-19-14-20(6-7-24(19)28(35)33-21-9-12-34(4)13-10-21)25-15-22(8-11-31-25)36-23-16-26(30-3)27(18(2)29)32-17-23;/h6-8,11,14-17,21,29-30H,5,9-10,12-13H2,1-4H3,(H,33,35);1H. The van der Waals surface area contributed by atoms with Crippen LogP contribution in [0.25, 0.3) is 11.3 Å². The smallest absolute Gasteiger partial charge is 0.251 e. The summed E-state index contributed by atoms with van der Waals surface area (Å²) < 4.78 is 6.05. The van der Waals surface area contributed by atoms with E-state index in [-0.39, 0.29) is 13.4 Å². The van der Waals surface area contributed by atoms with Crippen LogP contribution in [0.3, 0.4) is 0 Å². The van der Waals surface area contributed by atoms with E-state index in [2.05, 4.69) is 39.5 Å². The molecule has 1 fully saturated rings. The fourth-order valence-corrected chi connectivity index (χ4v) is 4.44. The van der Waals surface area contributed by atoms with E-state index < -0.39 is 0 Å². The zero-order valence-corrected chi connectivity index (χ0v) is 21.4. The SMILES string of the molecule is CCc1cc(-c2cc(Oc3cnc(C(C)=N)c(NC)c3)ccn2)ccc1C(=O)NC1CCN(C)CC1.[HH]. The first-order valence-corrected chi connectivity index (χ1v) is 12.4. The van der Waals surface area contributed by atoms with Crippen molar-refractivity contribution in [3.63, 3.8) is 0 Å². The number of nitrogens with zero attached hydrogens (tertiary/aromatic N) is 3. The first-order chi connectivity index (χ1) is 17.4. The summed E-state index contributed by atoms with van der Waals surface area (Å²) in [5, 5.41) is 14.1. The molecule has 0 saturated carbocycles. The molecular weight excluding hydrogens is 452 g/mol. The molecule has 1 saturated heterocycles. The number of hydrogen-bond donors (Lipinski definition) is 3. The van der Waals surface area contributed by atoms with Crippen LogP contribution >= 0.6 is 0 Å². The van der Waals surface area contributed by atoms with Crippen molar-refractivity contribution in [2.24, 2.45) is 0 Å². The van der Waals surface area contributed by atoms with Gasteiger partial charge in [-0.05, 0) is 70.1 Å². The van der Waals surface area contributed by atoms with Crippen LogP contribution in [0.4, 0.5) is 5.69 Å². The van der Waals surface area contributed by atoms with Crippen LogP contribution in [-0.4, -0.2) is 59.7 Å². The molecule has 3 heterocycles. The number of amides is 1. The maximum atomic E-state index is 13.0. The van der Waals surface area contributed by atoms with E-state index in [4.69, 9.17) is 10.1 Å². The first kappa shape index (κ1) is 25.3. The molecule has 4 rings (SSSR count). The monoisotopic (exact) mass is 488 g/mol. The second-order valence-corrected chi connectivity index (χ2v) is 9.20. The van der Waals surface area contributed by atoms with Crippen molar-refractivity contribution in [1.29, 1.82) is 5.41 Å². The van der Waals surface area contributed by atoms with Crippen LogP contribution in [-0.2, 0) is 6.42 Å². The predicted molar refractivity (Wildman–Crippen MR) is 146 cm³/mol. The van der Waals surface area contributed by atoms with Crippen LogP contribution in [0, 0.1) is 5.41 Å². The van der Waals surface area contributed by atoms with E-state index in [1.54, 1.807) is 32.4 Å². The normalized spacial score (nSPS) is 14.3. The zero-order chi connectivity index (χ0) is 25.7. The molecule has 1 aliphatic rings. The Hall–Kier alpha value is -3.78. The Kier molecular flexibility index (Phi) is 7.95. The van der Waals surface area contributed by atoms with Gasteiger partial charge in [0.15, 0.2) is 0 Å². The number of benzene rings is 1. The summed E-state index contributed by atoms with van der Waals surface area (Å²) in [7, 11) is 3.91. The van der Waals surface area contributed by atoms with Crippen molar-refractivity contribution < 1.29 is 11.0 Å². The highest BCUT2D eigenvalue weighted by molar-refractivity contribution is 5.99. The van der Waals surface area contributed by atoms with Crippen LogP contribution in [0.2, 0.25) is 0 Å². The van der Waals surface area contributed by atoms with E-state index in [0.29, 0.717) is 22.9 Å². The summed E-state index contributed by atoms with van der Waals surface area (Å²) in [5.74, 6) is 1.19. The quantitative estimate of drug-likeness (QED) is 0.386. The van der Waals surface area contributed by atoms with E-state index >= 15 is 0 Å². The largest absolute Gasteiger partial charge is 0.456 e. The Bertz CT molecular complexity index is 1260. The highest BCUT2D eigenvalue weighted by atomic mass is 16.5. The van der Waals surface area contributed by atoms with Crippen molar-refractivity contribution in [2.45, 2.75) is 39.2 Å². The van der Waals surface area contributed by atoms with Gasteiger partial charge in [-0.2, -0.15) is 0 Å². The lowest BCUT2D eigenvalue weighted by molar-refractivity contribution is 0.0916. The van der Waals surface area contributed by atoms with Gasteiger partial charge in [-0.3, -0.25) is 9.78 Å². The molecule has 1 aliphatic heterocycles. The molecule has 0 radical (unpaired) electrons. The molecular formula is C28H36N6O2. The van der Waals surface area contributed by atoms with E-state index in [9.17, 15) is 4.79 Å². The molecule has 3 N–H and O–H groups in total. The zero-order valence-electron chi connectivity index (χ0n) is 21.4. The van der Waals surface area contributed by atoms with Gasteiger partial charge in [0, 0.05) is 44.0 Å². The lowest BCUT2D eigenvalue weighted by Crippen LogP contribution is -2.43. The van der Waals surface area contributed by atoms with Gasteiger partial charge in [-0.15, -0.1) is 0 Å². The molecule has 8 heteroatoms. The molecule has 0 bridgehead atoms. The van der Waals surface area contributed by atoms with Crippen molar-refractivity contribution in [3.05, 3.63) is 65.6 Å². The van der Waals surface area contributed by atoms with E-state index in [1.807, 2.05) is 30.3 Å². The summed E-state index contributed by atoms with van der Waals surface area (Å²) >= 11 is 0. The molecule has 0 atom stereocenters. The molecule has 1 amide bonds. The van der Waals surface area contributed by atoms with Crippen LogP contribution in [0.1, 0.15) is 49.7 Å². The average Bonchev–Trinajstić information content (AvgIpc) is 2.89. The van der Waals surface area contributed by atoms with E-state index in [0.717, 1.165) is 60.4 Å². The van der Waals surface area contributed by atoms with Crippen molar-refractivity contribution in [2.75, 3.05) is 32.5 Å². The molecule has 2 aromatic heterocycles. The molecule has 0 spiro atoms. The van der Waals surface area contributed by atoms with Crippen LogP contribution in [0.5, 0.6) is 11.5 Å². The molecule has 1 aromatic carbocycles. The second-order valence-electron chi connectivity index (χ2n) is 9.20. The van der Waals surface area contributed by atoms with Crippen LogP contribution < -0.4 is 15.4 Å². The third kappa shape index (κ3) is 5.88. The summed E-state index contributed by atoms with van der Waals surface area (Å²) in [5.41, 5.74) is 5.11. The fourth-order valence-electron chi connectivity index (χ4n) is 4.44. The number of carbonyl (C=O) groups excluding carboxylic acids is 1. The number of carbonyl (C=O) groups is 1. The lowest BCUT2D eigenvalue weighted by atomic mass is 9.98. The number of nitrogens with one attached hydrogen (secondary N) is 3. The minimum atomic E-state index is -0.00515. The second kappa shape index (κ2) is 11.3. The minimum absolute atomic E-state index is 0. The Morgan fingerprint density at radius 1 is 1.17 bits per heavy atom. The van der Waals surface area contributed by atoms with Crippen molar-refractivity contribution in [1.82, 2.24) is 20.2 Å². The van der Waals surface area contributed by atoms with Gasteiger partial charge in [0.2, 0.25) is 0 Å². The molecule has 190 valence electrons.